The summed E-state index contributed by atoms with van der Waals surface area (Å²) in [5.41, 5.74) is 2.95. The first-order valence-corrected chi connectivity index (χ1v) is 8.51. The fourth-order valence-corrected chi connectivity index (χ4v) is 3.50. The van der Waals surface area contributed by atoms with Crippen molar-refractivity contribution in [1.29, 1.82) is 0 Å². The minimum absolute atomic E-state index is 0.00521. The molecule has 2 aromatic rings. The summed E-state index contributed by atoms with van der Waals surface area (Å²) in [5.74, 6) is 0.00521. The lowest BCUT2D eigenvalue weighted by atomic mass is 9.88. The third-order valence-electron chi connectivity index (χ3n) is 4.79. The molecule has 3 rings (SSSR count). The van der Waals surface area contributed by atoms with Crippen LogP contribution in [0.2, 0.25) is 0 Å². The van der Waals surface area contributed by atoms with E-state index in [9.17, 15) is 4.79 Å². The first-order valence-electron chi connectivity index (χ1n) is 8.51. The van der Waals surface area contributed by atoms with Gasteiger partial charge in [-0.1, -0.05) is 50.1 Å². The average Bonchev–Trinajstić information content (AvgIpc) is 3.03. The molecule has 1 aliphatic rings. The molecule has 23 heavy (non-hydrogen) atoms. The van der Waals surface area contributed by atoms with E-state index in [1.54, 1.807) is 6.20 Å². The smallest absolute Gasteiger partial charge is 0.253 e. The van der Waals surface area contributed by atoms with Gasteiger partial charge in [0.05, 0.1) is 5.56 Å². The zero-order chi connectivity index (χ0) is 16.1. The first kappa shape index (κ1) is 15.7. The number of amides is 1. The van der Waals surface area contributed by atoms with Crippen LogP contribution in [-0.2, 0) is 12.8 Å². The Labute approximate surface area is 138 Å². The molecular weight excluding hydrogens is 284 g/mol. The Morgan fingerprint density at radius 3 is 2.57 bits per heavy atom. The van der Waals surface area contributed by atoms with Gasteiger partial charge in [-0.3, -0.25) is 9.78 Å². The van der Waals surface area contributed by atoms with Crippen LogP contribution in [0.25, 0.3) is 0 Å². The van der Waals surface area contributed by atoms with Crippen LogP contribution < -0.4 is 5.32 Å². The van der Waals surface area contributed by atoms with E-state index in [1.165, 1.54) is 18.4 Å². The highest BCUT2D eigenvalue weighted by Crippen LogP contribution is 2.33. The lowest BCUT2D eigenvalue weighted by Gasteiger charge is -2.30. The van der Waals surface area contributed by atoms with Crippen LogP contribution in [0, 0.1) is 0 Å². The molecule has 1 N–H and O–H groups in total. The van der Waals surface area contributed by atoms with Crippen molar-refractivity contribution in [3.05, 3.63) is 65.5 Å². The largest absolute Gasteiger partial charge is 0.346 e. The summed E-state index contributed by atoms with van der Waals surface area (Å²) < 4.78 is 0. The molecule has 0 aliphatic heterocycles. The van der Waals surface area contributed by atoms with Gasteiger partial charge in [-0.25, -0.2) is 0 Å². The molecule has 1 aromatic carbocycles. The highest BCUT2D eigenvalue weighted by Gasteiger charge is 2.35. The molecule has 1 amide bonds. The SMILES string of the molecule is CCc1cncc(C(=O)NC2(Cc3ccccc3)CCCC2)c1. The van der Waals surface area contributed by atoms with Crippen molar-refractivity contribution < 1.29 is 4.79 Å². The summed E-state index contributed by atoms with van der Waals surface area (Å²) in [5, 5.41) is 3.33. The maximum atomic E-state index is 12.7. The molecule has 120 valence electrons. The van der Waals surface area contributed by atoms with Gasteiger partial charge in [0.15, 0.2) is 0 Å². The number of pyridine rings is 1. The Hall–Kier alpha value is -2.16. The summed E-state index contributed by atoms with van der Waals surface area (Å²) >= 11 is 0. The van der Waals surface area contributed by atoms with Crippen molar-refractivity contribution in [2.45, 2.75) is 51.0 Å². The number of nitrogens with one attached hydrogen (secondary N) is 1. The molecule has 0 unspecified atom stereocenters. The molecule has 3 heteroatoms. The van der Waals surface area contributed by atoms with Gasteiger partial charge in [-0.15, -0.1) is 0 Å². The molecule has 1 aromatic heterocycles. The van der Waals surface area contributed by atoms with Gasteiger partial charge in [0.1, 0.15) is 0 Å². The molecule has 3 nitrogen and oxygen atoms in total. The zero-order valence-electron chi connectivity index (χ0n) is 13.7. The third-order valence-corrected chi connectivity index (χ3v) is 4.79. The number of hydrogen-bond donors (Lipinski definition) is 1. The summed E-state index contributed by atoms with van der Waals surface area (Å²) in [7, 11) is 0. The third kappa shape index (κ3) is 3.79. The molecule has 0 radical (unpaired) electrons. The second kappa shape index (κ2) is 6.95. The topological polar surface area (TPSA) is 42.0 Å². The van der Waals surface area contributed by atoms with E-state index >= 15 is 0 Å². The Morgan fingerprint density at radius 1 is 1.13 bits per heavy atom. The number of carbonyl (C=O) groups is 1. The maximum absolute atomic E-state index is 12.7. The number of benzene rings is 1. The Morgan fingerprint density at radius 2 is 1.87 bits per heavy atom. The standard InChI is InChI=1S/C20H24N2O/c1-2-16-12-18(15-21-14-16)19(23)22-20(10-6-7-11-20)13-17-8-4-3-5-9-17/h3-5,8-9,12,14-15H,2,6-7,10-11,13H2,1H3,(H,22,23). The quantitative estimate of drug-likeness (QED) is 0.909. The number of aromatic nitrogens is 1. The number of aryl methyl sites for hydroxylation is 1. The van der Waals surface area contributed by atoms with Gasteiger partial charge in [0, 0.05) is 17.9 Å². The van der Waals surface area contributed by atoms with Crippen LogP contribution in [0.3, 0.4) is 0 Å². The Balaban J connectivity index is 1.77. The van der Waals surface area contributed by atoms with Crippen molar-refractivity contribution in [2.24, 2.45) is 0 Å². The minimum Gasteiger partial charge on any atom is -0.346 e. The molecule has 1 aliphatic carbocycles. The van der Waals surface area contributed by atoms with E-state index in [0.717, 1.165) is 31.2 Å². The molecule has 1 saturated carbocycles. The summed E-state index contributed by atoms with van der Waals surface area (Å²) in [6.07, 6.45) is 9.75. The van der Waals surface area contributed by atoms with Gasteiger partial charge in [-0.2, -0.15) is 0 Å². The van der Waals surface area contributed by atoms with E-state index in [-0.39, 0.29) is 11.4 Å². The lowest BCUT2D eigenvalue weighted by molar-refractivity contribution is 0.0899. The summed E-state index contributed by atoms with van der Waals surface area (Å²) in [4.78, 5) is 16.9. The van der Waals surface area contributed by atoms with Crippen molar-refractivity contribution in [3.8, 4) is 0 Å². The molecule has 0 bridgehead atoms. The predicted octanol–water partition coefficient (Wildman–Crippen LogP) is 3.93. The molecule has 0 spiro atoms. The highest BCUT2D eigenvalue weighted by atomic mass is 16.1. The molecule has 1 fully saturated rings. The lowest BCUT2D eigenvalue weighted by Crippen LogP contribution is -2.48. The van der Waals surface area contributed by atoms with Crippen molar-refractivity contribution in [2.75, 3.05) is 0 Å². The van der Waals surface area contributed by atoms with Crippen LogP contribution in [0.4, 0.5) is 0 Å². The second-order valence-corrected chi connectivity index (χ2v) is 6.54. The van der Waals surface area contributed by atoms with Crippen LogP contribution in [0.15, 0.2) is 48.8 Å². The minimum atomic E-state index is -0.110. The Kier molecular flexibility index (Phi) is 4.75. The summed E-state index contributed by atoms with van der Waals surface area (Å²) in [6.45, 7) is 2.08. The summed E-state index contributed by atoms with van der Waals surface area (Å²) in [6, 6.07) is 12.4. The number of nitrogens with zero attached hydrogens (tertiary/aromatic N) is 1. The van der Waals surface area contributed by atoms with Gasteiger partial charge < -0.3 is 5.32 Å². The van der Waals surface area contributed by atoms with Gasteiger partial charge in [-0.05, 0) is 42.9 Å². The number of rotatable bonds is 5. The van der Waals surface area contributed by atoms with Crippen molar-refractivity contribution in [1.82, 2.24) is 10.3 Å². The zero-order valence-corrected chi connectivity index (χ0v) is 13.7. The fourth-order valence-electron chi connectivity index (χ4n) is 3.50. The second-order valence-electron chi connectivity index (χ2n) is 6.54. The van der Waals surface area contributed by atoms with E-state index in [4.69, 9.17) is 0 Å². The van der Waals surface area contributed by atoms with Crippen LogP contribution in [0.5, 0.6) is 0 Å². The van der Waals surface area contributed by atoms with E-state index in [0.29, 0.717) is 5.56 Å². The first-order chi connectivity index (χ1) is 11.2. The van der Waals surface area contributed by atoms with E-state index in [2.05, 4.69) is 41.5 Å². The van der Waals surface area contributed by atoms with E-state index in [1.807, 2.05) is 18.3 Å². The van der Waals surface area contributed by atoms with Crippen molar-refractivity contribution in [3.63, 3.8) is 0 Å². The normalized spacial score (nSPS) is 16.2. The van der Waals surface area contributed by atoms with Gasteiger partial charge >= 0.3 is 0 Å². The fraction of sp³-hybridized carbons (Fsp3) is 0.400. The average molecular weight is 308 g/mol. The van der Waals surface area contributed by atoms with Crippen LogP contribution in [0.1, 0.15) is 54.1 Å². The van der Waals surface area contributed by atoms with Crippen LogP contribution in [-0.4, -0.2) is 16.4 Å². The maximum Gasteiger partial charge on any atom is 0.253 e. The monoisotopic (exact) mass is 308 g/mol. The van der Waals surface area contributed by atoms with Gasteiger partial charge in [0.2, 0.25) is 0 Å². The molecular formula is C20H24N2O. The van der Waals surface area contributed by atoms with Crippen molar-refractivity contribution >= 4 is 5.91 Å². The Bertz CT molecular complexity index is 660. The molecule has 1 heterocycles. The molecule has 0 atom stereocenters. The number of hydrogen-bond acceptors (Lipinski definition) is 2. The number of carbonyl (C=O) groups excluding carboxylic acids is 1. The molecule has 0 saturated heterocycles. The van der Waals surface area contributed by atoms with Gasteiger partial charge in [0.25, 0.3) is 5.91 Å². The predicted molar refractivity (Wildman–Crippen MR) is 92.4 cm³/mol. The van der Waals surface area contributed by atoms with E-state index < -0.39 is 0 Å². The highest BCUT2D eigenvalue weighted by molar-refractivity contribution is 5.94. The van der Waals surface area contributed by atoms with Crippen LogP contribution >= 0.6 is 0 Å².